The molecule has 0 fully saturated rings. The lowest BCUT2D eigenvalue weighted by Gasteiger charge is -1.95. The Hall–Kier alpha value is -0.510. The van der Waals surface area contributed by atoms with Crippen LogP contribution in [0.5, 0.6) is 0 Å². The molecule has 0 spiro atoms. The molecule has 0 aliphatic carbocycles. The minimum atomic E-state index is -2.04. The molecular formula is C4H7NO4P+. The van der Waals surface area contributed by atoms with Crippen molar-refractivity contribution in [3.63, 3.8) is 0 Å². The molecule has 56 valence electrons. The van der Waals surface area contributed by atoms with Crippen LogP contribution in [0, 0.1) is 0 Å². The highest BCUT2D eigenvalue weighted by Gasteiger charge is 2.28. The molecule has 0 N–H and O–H groups in total. The first-order valence-corrected chi connectivity index (χ1v) is 3.78. The van der Waals surface area contributed by atoms with E-state index in [9.17, 15) is 4.57 Å². The predicted octanol–water partition coefficient (Wildman–Crippen LogP) is 1.04. The summed E-state index contributed by atoms with van der Waals surface area (Å²) >= 11 is 0. The average Bonchev–Trinajstić information content (AvgIpc) is 2.40. The van der Waals surface area contributed by atoms with E-state index in [0.717, 1.165) is 0 Å². The molecule has 1 heterocycles. The van der Waals surface area contributed by atoms with Crippen molar-refractivity contribution in [3.8, 4) is 0 Å². The van der Waals surface area contributed by atoms with Gasteiger partial charge in [0.25, 0.3) is 6.29 Å². The lowest BCUT2D eigenvalue weighted by atomic mass is 10.5. The first kappa shape index (κ1) is 7.60. The van der Waals surface area contributed by atoms with Crippen LogP contribution in [0.15, 0.2) is 5.16 Å². The Balaban J connectivity index is 2.19. The molecule has 1 aliphatic heterocycles. The molecule has 0 bridgehead atoms. The van der Waals surface area contributed by atoms with Crippen molar-refractivity contribution in [2.75, 3.05) is 7.11 Å². The van der Waals surface area contributed by atoms with E-state index in [1.807, 2.05) is 0 Å². The first-order valence-electron chi connectivity index (χ1n) is 2.68. The summed E-state index contributed by atoms with van der Waals surface area (Å²) in [4.78, 5) is 4.61. The molecule has 5 nitrogen and oxygen atoms in total. The fraction of sp³-hybridized carbons (Fsp3) is 0.750. The summed E-state index contributed by atoms with van der Waals surface area (Å²) in [5.41, 5.74) is 0. The second-order valence-corrected chi connectivity index (χ2v) is 2.59. The molecule has 1 aliphatic rings. The summed E-state index contributed by atoms with van der Waals surface area (Å²) in [6.45, 7) is 0. The lowest BCUT2D eigenvalue weighted by molar-refractivity contribution is -0.0591. The molecule has 0 aromatic rings. The summed E-state index contributed by atoms with van der Waals surface area (Å²) in [6.07, 6.45) is 1.53. The van der Waals surface area contributed by atoms with Crippen molar-refractivity contribution in [2.45, 2.75) is 12.7 Å². The largest absolute Gasteiger partial charge is 0.701 e. The van der Waals surface area contributed by atoms with Gasteiger partial charge in [-0.25, -0.2) is 0 Å². The van der Waals surface area contributed by atoms with Crippen LogP contribution < -0.4 is 0 Å². The van der Waals surface area contributed by atoms with Crippen LogP contribution in [0.3, 0.4) is 0 Å². The molecule has 2 unspecified atom stereocenters. The maximum Gasteiger partial charge on any atom is 0.701 e. The third kappa shape index (κ3) is 2.02. The molecule has 10 heavy (non-hydrogen) atoms. The van der Waals surface area contributed by atoms with Crippen molar-refractivity contribution in [3.05, 3.63) is 0 Å². The van der Waals surface area contributed by atoms with Crippen molar-refractivity contribution < 1.29 is 18.5 Å². The fourth-order valence-electron chi connectivity index (χ4n) is 0.484. The second-order valence-electron chi connectivity index (χ2n) is 1.57. The van der Waals surface area contributed by atoms with E-state index in [-0.39, 0.29) is 0 Å². The zero-order valence-corrected chi connectivity index (χ0v) is 6.28. The molecule has 6 heteroatoms. The van der Waals surface area contributed by atoms with E-state index in [2.05, 4.69) is 14.5 Å². The number of hydrogen-bond donors (Lipinski definition) is 0. The zero-order chi connectivity index (χ0) is 7.40. The topological polar surface area (TPSA) is 57.1 Å². The van der Waals surface area contributed by atoms with Gasteiger partial charge in [0.2, 0.25) is 0 Å². The number of nitrogens with zero attached hydrogens (tertiary/aromatic N) is 1. The maximum absolute atomic E-state index is 10.5. The van der Waals surface area contributed by atoms with Crippen LogP contribution in [0.2, 0.25) is 0 Å². The van der Waals surface area contributed by atoms with E-state index in [0.29, 0.717) is 6.42 Å². The highest BCUT2D eigenvalue weighted by Crippen LogP contribution is 2.26. The van der Waals surface area contributed by atoms with Crippen molar-refractivity contribution in [2.24, 2.45) is 5.16 Å². The number of rotatable bonds is 3. The van der Waals surface area contributed by atoms with Gasteiger partial charge in [0.1, 0.15) is 0 Å². The van der Waals surface area contributed by atoms with Crippen LogP contribution in [0.25, 0.3) is 0 Å². The molecule has 0 amide bonds. The second kappa shape index (κ2) is 3.61. The van der Waals surface area contributed by atoms with Crippen molar-refractivity contribution >= 4 is 14.5 Å². The van der Waals surface area contributed by atoms with Crippen LogP contribution in [0.4, 0.5) is 0 Å². The van der Waals surface area contributed by atoms with E-state index in [1.54, 1.807) is 6.21 Å². The molecule has 0 radical (unpaired) electrons. The minimum absolute atomic E-state index is 0.518. The SMILES string of the molecule is CO[P+](=O)OC1CC=NO1. The Morgan fingerprint density at radius 1 is 1.90 bits per heavy atom. The van der Waals surface area contributed by atoms with E-state index in [1.165, 1.54) is 7.11 Å². The third-order valence-corrected chi connectivity index (χ3v) is 1.61. The zero-order valence-electron chi connectivity index (χ0n) is 5.39. The van der Waals surface area contributed by atoms with Crippen LogP contribution >= 0.6 is 8.25 Å². The van der Waals surface area contributed by atoms with E-state index in [4.69, 9.17) is 4.52 Å². The lowest BCUT2D eigenvalue weighted by Crippen LogP contribution is -2.05. The fourth-order valence-corrected chi connectivity index (χ4v) is 0.887. The van der Waals surface area contributed by atoms with Gasteiger partial charge in [-0.2, -0.15) is 0 Å². The normalized spacial score (nSPS) is 24.5. The summed E-state index contributed by atoms with van der Waals surface area (Å²) in [7, 11) is -0.744. The van der Waals surface area contributed by atoms with Gasteiger partial charge in [-0.15, -0.1) is 4.52 Å². The highest BCUT2D eigenvalue weighted by atomic mass is 31.1. The maximum atomic E-state index is 10.5. The minimum Gasteiger partial charge on any atom is -0.359 e. The smallest absolute Gasteiger partial charge is 0.359 e. The summed E-state index contributed by atoms with van der Waals surface area (Å²) < 4.78 is 19.6. The average molecular weight is 164 g/mol. The van der Waals surface area contributed by atoms with Crippen molar-refractivity contribution in [1.29, 1.82) is 0 Å². The molecule has 0 saturated carbocycles. The Kier molecular flexibility index (Phi) is 2.74. The summed E-state index contributed by atoms with van der Waals surface area (Å²) in [6, 6.07) is 0. The summed E-state index contributed by atoms with van der Waals surface area (Å²) in [5.74, 6) is 0. The summed E-state index contributed by atoms with van der Waals surface area (Å²) in [5, 5.41) is 3.42. The Bertz CT molecular complexity index is 151. The predicted molar refractivity (Wildman–Crippen MR) is 33.7 cm³/mol. The number of hydrogen-bond acceptors (Lipinski definition) is 5. The van der Waals surface area contributed by atoms with E-state index < -0.39 is 14.5 Å². The quantitative estimate of drug-likeness (QED) is 0.584. The van der Waals surface area contributed by atoms with Gasteiger partial charge >= 0.3 is 8.25 Å². The highest BCUT2D eigenvalue weighted by molar-refractivity contribution is 7.33. The Morgan fingerprint density at radius 2 is 2.70 bits per heavy atom. The van der Waals surface area contributed by atoms with Crippen LogP contribution in [-0.4, -0.2) is 19.6 Å². The van der Waals surface area contributed by atoms with Gasteiger partial charge in [-0.05, 0) is 0 Å². The van der Waals surface area contributed by atoms with Gasteiger partial charge in [-0.1, -0.05) is 9.68 Å². The molecule has 0 aromatic carbocycles. The standard InChI is InChI=1S/C4H7NO4P/c1-7-10(6)9-4-2-3-5-8-4/h3-4H,2H2,1H3/q+1. The molecule has 0 saturated heterocycles. The molecular weight excluding hydrogens is 157 g/mol. The van der Waals surface area contributed by atoms with Crippen molar-refractivity contribution in [1.82, 2.24) is 0 Å². The molecule has 1 rings (SSSR count). The first-order chi connectivity index (χ1) is 4.83. The van der Waals surface area contributed by atoms with Gasteiger partial charge < -0.3 is 4.84 Å². The van der Waals surface area contributed by atoms with Gasteiger partial charge in [0.15, 0.2) is 0 Å². The van der Waals surface area contributed by atoms with E-state index >= 15 is 0 Å². The third-order valence-electron chi connectivity index (χ3n) is 0.904. The Labute approximate surface area is 58.9 Å². The monoisotopic (exact) mass is 164 g/mol. The molecule has 0 aromatic heterocycles. The van der Waals surface area contributed by atoms with Crippen LogP contribution in [-0.2, 0) is 18.5 Å². The van der Waals surface area contributed by atoms with Gasteiger partial charge in [0, 0.05) is 4.57 Å². The molecule has 2 atom stereocenters. The van der Waals surface area contributed by atoms with Crippen LogP contribution in [0.1, 0.15) is 6.42 Å². The number of oxime groups is 1. The van der Waals surface area contributed by atoms with Gasteiger partial charge in [0.05, 0.1) is 19.7 Å². The van der Waals surface area contributed by atoms with Gasteiger partial charge in [-0.3, -0.25) is 0 Å². The Morgan fingerprint density at radius 3 is 3.20 bits per heavy atom.